The van der Waals surface area contributed by atoms with E-state index in [4.69, 9.17) is 9.47 Å². The topological polar surface area (TPSA) is 55.8 Å². The van der Waals surface area contributed by atoms with E-state index in [0.717, 1.165) is 19.3 Å². The Morgan fingerprint density at radius 3 is 0.940 bits per heavy atom. The van der Waals surface area contributed by atoms with Crippen molar-refractivity contribution in [2.75, 3.05) is 19.8 Å². The van der Waals surface area contributed by atoms with Gasteiger partial charge in [-0.1, -0.05) is 245 Å². The van der Waals surface area contributed by atoms with E-state index in [2.05, 4.69) is 13.8 Å². The van der Waals surface area contributed by atoms with Crippen LogP contribution in [0.1, 0.15) is 264 Å². The molecule has 0 aromatic heterocycles. The predicted octanol–water partition coefficient (Wildman–Crippen LogP) is 15.2. The molecule has 0 aliphatic carbocycles. The van der Waals surface area contributed by atoms with Gasteiger partial charge in [0.05, 0.1) is 13.2 Å². The zero-order valence-corrected chi connectivity index (χ0v) is 34.4. The Labute approximate surface area is 314 Å². The van der Waals surface area contributed by atoms with Crippen LogP contribution in [0.4, 0.5) is 0 Å². The van der Waals surface area contributed by atoms with Gasteiger partial charge < -0.3 is 14.6 Å². The van der Waals surface area contributed by atoms with Gasteiger partial charge in [-0.25, -0.2) is 0 Å². The average molecular weight is 709 g/mol. The highest BCUT2D eigenvalue weighted by Gasteiger charge is 2.13. The van der Waals surface area contributed by atoms with Crippen LogP contribution in [0.2, 0.25) is 0 Å². The zero-order chi connectivity index (χ0) is 36.3. The van der Waals surface area contributed by atoms with Crippen LogP contribution < -0.4 is 0 Å². The molecule has 0 spiro atoms. The summed E-state index contributed by atoms with van der Waals surface area (Å²) in [6.07, 6.45) is 51.8. The molecule has 0 amide bonds. The van der Waals surface area contributed by atoms with Crippen molar-refractivity contribution in [3.8, 4) is 0 Å². The molecule has 4 nitrogen and oxygen atoms in total. The largest absolute Gasteiger partial charge is 0.457 e. The maximum Gasteiger partial charge on any atom is 0.306 e. The molecule has 0 aliphatic heterocycles. The molecular weight excluding hydrogens is 617 g/mol. The minimum Gasteiger partial charge on any atom is -0.457 e. The van der Waals surface area contributed by atoms with Gasteiger partial charge in [0.15, 0.2) is 0 Å². The molecule has 0 saturated heterocycles. The van der Waals surface area contributed by atoms with Crippen LogP contribution in [-0.2, 0) is 14.3 Å². The molecule has 50 heavy (non-hydrogen) atoms. The van der Waals surface area contributed by atoms with Crippen LogP contribution in [0.25, 0.3) is 0 Å². The van der Waals surface area contributed by atoms with Crippen LogP contribution in [0, 0.1) is 0 Å². The Kier molecular flexibility index (Phi) is 44.0. The minimum absolute atomic E-state index is 0.163. The van der Waals surface area contributed by atoms with Crippen LogP contribution in [0.3, 0.4) is 0 Å². The van der Waals surface area contributed by atoms with Crippen molar-refractivity contribution >= 4 is 5.97 Å². The second-order valence-electron chi connectivity index (χ2n) is 15.8. The molecule has 0 aromatic rings. The summed E-state index contributed by atoms with van der Waals surface area (Å²) in [7, 11) is 0. The first kappa shape index (κ1) is 49.4. The number of esters is 1. The second-order valence-corrected chi connectivity index (χ2v) is 15.8. The van der Waals surface area contributed by atoms with E-state index in [1.807, 2.05) is 0 Å². The molecule has 1 N–H and O–H groups in total. The second kappa shape index (κ2) is 44.6. The van der Waals surface area contributed by atoms with E-state index in [1.54, 1.807) is 0 Å². The van der Waals surface area contributed by atoms with Crippen molar-refractivity contribution in [3.05, 3.63) is 0 Å². The normalized spacial score (nSPS) is 12.1. The lowest BCUT2D eigenvalue weighted by Gasteiger charge is -2.16. The molecule has 300 valence electrons. The highest BCUT2D eigenvalue weighted by molar-refractivity contribution is 5.69. The lowest BCUT2D eigenvalue weighted by Crippen LogP contribution is -2.27. The third kappa shape index (κ3) is 41.8. The number of rotatable bonds is 44. The molecule has 0 aliphatic rings. The molecule has 0 heterocycles. The van der Waals surface area contributed by atoms with Gasteiger partial charge in [0.25, 0.3) is 0 Å². The van der Waals surface area contributed by atoms with Crippen LogP contribution in [-0.4, -0.2) is 37.0 Å². The summed E-state index contributed by atoms with van der Waals surface area (Å²) in [5.41, 5.74) is 0. The van der Waals surface area contributed by atoms with Gasteiger partial charge in [0.1, 0.15) is 6.10 Å². The average Bonchev–Trinajstić information content (AvgIpc) is 3.12. The zero-order valence-electron chi connectivity index (χ0n) is 34.4. The van der Waals surface area contributed by atoms with E-state index < -0.39 is 6.10 Å². The van der Waals surface area contributed by atoms with Gasteiger partial charge in [-0.15, -0.1) is 0 Å². The standard InChI is InChI=1S/C46H92O4/c1-3-5-7-9-11-13-15-17-19-20-21-22-23-24-25-26-27-28-30-32-34-36-38-40-42-49-44-45(43-47)50-46(48)41-39-37-35-33-31-29-18-16-14-12-10-8-6-4-2/h45,47H,3-44H2,1-2H3. The van der Waals surface area contributed by atoms with Crippen LogP contribution >= 0.6 is 0 Å². The van der Waals surface area contributed by atoms with Gasteiger partial charge in [-0.2, -0.15) is 0 Å². The number of aliphatic hydroxyl groups is 1. The fraction of sp³-hybridized carbons (Fsp3) is 0.978. The molecule has 0 rings (SSSR count). The van der Waals surface area contributed by atoms with Gasteiger partial charge in [0, 0.05) is 13.0 Å². The molecule has 4 heteroatoms. The molecule has 1 atom stereocenters. The molecule has 0 fully saturated rings. The lowest BCUT2D eigenvalue weighted by molar-refractivity contribution is -0.154. The number of carbonyl (C=O) groups excluding carboxylic acids is 1. The SMILES string of the molecule is CCCCCCCCCCCCCCCCCCCCCCCCCCOCC(CO)OC(=O)CCCCCCCCCCCCCCCC. The molecule has 1 unspecified atom stereocenters. The Morgan fingerprint density at radius 1 is 0.400 bits per heavy atom. The van der Waals surface area contributed by atoms with Crippen LogP contribution in [0.5, 0.6) is 0 Å². The maximum atomic E-state index is 12.2. The predicted molar refractivity (Wildman–Crippen MR) is 219 cm³/mol. The number of ether oxygens (including phenoxy) is 2. The van der Waals surface area contributed by atoms with Gasteiger partial charge in [-0.05, 0) is 12.8 Å². The third-order valence-electron chi connectivity index (χ3n) is 10.7. The monoisotopic (exact) mass is 709 g/mol. The summed E-state index contributed by atoms with van der Waals surface area (Å²) in [6.45, 7) is 5.41. The first-order valence-corrected chi connectivity index (χ1v) is 23.1. The molecule has 0 saturated carbocycles. The van der Waals surface area contributed by atoms with Crippen molar-refractivity contribution < 1.29 is 19.4 Å². The number of unbranched alkanes of at least 4 members (excludes halogenated alkanes) is 36. The highest BCUT2D eigenvalue weighted by atomic mass is 16.6. The molecule has 0 radical (unpaired) electrons. The quantitative estimate of drug-likeness (QED) is 0.0506. The van der Waals surface area contributed by atoms with Gasteiger partial charge >= 0.3 is 5.97 Å². The summed E-state index contributed by atoms with van der Waals surface area (Å²) in [5.74, 6) is -0.193. The van der Waals surface area contributed by atoms with E-state index in [1.165, 1.54) is 225 Å². The number of hydrogen-bond donors (Lipinski definition) is 1. The van der Waals surface area contributed by atoms with Crippen molar-refractivity contribution in [1.82, 2.24) is 0 Å². The Hall–Kier alpha value is -0.610. The van der Waals surface area contributed by atoms with Crippen molar-refractivity contribution in [1.29, 1.82) is 0 Å². The fourth-order valence-electron chi connectivity index (χ4n) is 7.21. The summed E-state index contributed by atoms with van der Waals surface area (Å²) in [6, 6.07) is 0. The summed E-state index contributed by atoms with van der Waals surface area (Å²) in [4.78, 5) is 12.2. The maximum absolute atomic E-state index is 12.2. The summed E-state index contributed by atoms with van der Waals surface area (Å²) < 4.78 is 11.2. The fourth-order valence-corrected chi connectivity index (χ4v) is 7.21. The van der Waals surface area contributed by atoms with Crippen molar-refractivity contribution in [2.24, 2.45) is 0 Å². The minimum atomic E-state index is -0.525. The third-order valence-corrected chi connectivity index (χ3v) is 10.7. The summed E-state index contributed by atoms with van der Waals surface area (Å²) in [5, 5.41) is 9.60. The molecule has 0 aromatic carbocycles. The van der Waals surface area contributed by atoms with E-state index >= 15 is 0 Å². The van der Waals surface area contributed by atoms with E-state index in [0.29, 0.717) is 19.6 Å². The summed E-state index contributed by atoms with van der Waals surface area (Å²) >= 11 is 0. The van der Waals surface area contributed by atoms with Gasteiger partial charge in [0.2, 0.25) is 0 Å². The van der Waals surface area contributed by atoms with E-state index in [9.17, 15) is 9.90 Å². The van der Waals surface area contributed by atoms with Crippen molar-refractivity contribution in [2.45, 2.75) is 270 Å². The number of carbonyl (C=O) groups is 1. The van der Waals surface area contributed by atoms with E-state index in [-0.39, 0.29) is 12.6 Å². The Balaban J connectivity index is 3.31. The Bertz CT molecular complexity index is 623. The first-order valence-electron chi connectivity index (χ1n) is 23.1. The first-order chi connectivity index (χ1) is 24.7. The highest BCUT2D eigenvalue weighted by Crippen LogP contribution is 2.17. The smallest absolute Gasteiger partial charge is 0.306 e. The Morgan fingerprint density at radius 2 is 0.660 bits per heavy atom. The molecular formula is C46H92O4. The number of hydrogen-bond acceptors (Lipinski definition) is 4. The molecule has 0 bridgehead atoms. The van der Waals surface area contributed by atoms with Crippen molar-refractivity contribution in [3.63, 3.8) is 0 Å². The van der Waals surface area contributed by atoms with Gasteiger partial charge in [-0.3, -0.25) is 4.79 Å². The number of aliphatic hydroxyl groups excluding tert-OH is 1. The van der Waals surface area contributed by atoms with Crippen LogP contribution in [0.15, 0.2) is 0 Å². The lowest BCUT2D eigenvalue weighted by atomic mass is 10.0.